The molecule has 3 aromatic carbocycles. The van der Waals surface area contributed by atoms with Crippen LogP contribution in [0.3, 0.4) is 0 Å². The van der Waals surface area contributed by atoms with Gasteiger partial charge in [-0.05, 0) is 10.8 Å². The van der Waals surface area contributed by atoms with Crippen molar-refractivity contribution in [2.75, 3.05) is 0 Å². The molecule has 0 unspecified atom stereocenters. The van der Waals surface area contributed by atoms with Crippen LogP contribution in [0.2, 0.25) is 5.28 Å². The first-order valence-corrected chi connectivity index (χ1v) is 13.6. The van der Waals surface area contributed by atoms with E-state index in [0.29, 0.717) is 0 Å². The Morgan fingerprint density at radius 1 is 0.545 bits per heavy atom. The van der Waals surface area contributed by atoms with Crippen LogP contribution in [0.25, 0.3) is 0 Å². The molecule has 2 heterocycles. The van der Waals surface area contributed by atoms with Gasteiger partial charge in [-0.15, -0.1) is 0 Å². The van der Waals surface area contributed by atoms with Crippen molar-refractivity contribution in [2.45, 2.75) is 23.7 Å². The maximum Gasteiger partial charge on any atom is 0.509 e. The van der Waals surface area contributed by atoms with Crippen LogP contribution in [0.15, 0.2) is 18.7 Å². The number of imidazole rings is 1. The van der Waals surface area contributed by atoms with Crippen molar-refractivity contribution in [2.24, 2.45) is 0 Å². The average molecular weight is 666 g/mol. The Labute approximate surface area is 239 Å². The number of aromatic amines is 1. The number of hydrogen-bond donors (Lipinski definition) is 1. The number of halogens is 15. The summed E-state index contributed by atoms with van der Waals surface area (Å²) in [5, 5.41) is -0.745. The highest BCUT2D eigenvalue weighted by Crippen LogP contribution is 2.49. The highest BCUT2D eigenvalue weighted by atomic mass is 27.2. The largest absolute Gasteiger partial charge is 0.509 e. The summed E-state index contributed by atoms with van der Waals surface area (Å²) >= 11 is -4.51. The zero-order valence-corrected chi connectivity index (χ0v) is 22.1. The van der Waals surface area contributed by atoms with Crippen molar-refractivity contribution in [1.82, 2.24) is 9.97 Å². The first-order chi connectivity index (χ1) is 20.6. The van der Waals surface area contributed by atoms with E-state index in [-0.39, 0.29) is 0 Å². The molecule has 5 rings (SSSR count). The summed E-state index contributed by atoms with van der Waals surface area (Å²) in [6.07, 6.45) is 2.94. The first-order valence-electron chi connectivity index (χ1n) is 11.8. The van der Waals surface area contributed by atoms with Gasteiger partial charge >= 0.3 is 14.5 Å². The van der Waals surface area contributed by atoms with Crippen LogP contribution in [-0.2, 0) is 9.39 Å². The van der Waals surface area contributed by atoms with E-state index in [0.717, 1.165) is 0 Å². The third kappa shape index (κ3) is 5.20. The van der Waals surface area contributed by atoms with E-state index in [1.165, 1.54) is 0 Å². The molecule has 3 nitrogen and oxygen atoms in total. The van der Waals surface area contributed by atoms with Crippen LogP contribution < -0.4 is 4.43 Å². The summed E-state index contributed by atoms with van der Waals surface area (Å²) in [5.74, 6) is -41.1. The normalized spacial score (nSPS) is 14.5. The van der Waals surface area contributed by atoms with E-state index in [2.05, 4.69) is 9.97 Å². The highest BCUT2D eigenvalue weighted by molar-refractivity contribution is 6.67. The minimum atomic E-state index is -4.51. The molecule has 0 saturated carbocycles. The quantitative estimate of drug-likeness (QED) is 0.109. The summed E-state index contributed by atoms with van der Waals surface area (Å²) < 4.78 is 217. The molecule has 4 aromatic rings. The highest BCUT2D eigenvalue weighted by Gasteiger charge is 2.54. The number of nitrogens with zero attached hydrogens (tertiary/aromatic N) is 1. The Balaban J connectivity index is 0.000000802. The molecule has 1 saturated heterocycles. The molecule has 44 heavy (non-hydrogen) atoms. The number of hydrogen-bond acceptors (Lipinski definition) is 2. The average Bonchev–Trinajstić information content (AvgIpc) is 3.60. The minimum Gasteiger partial charge on any atom is -0.485 e. The minimum absolute atomic E-state index is 0.745. The SMILES string of the molecule is Fc1c(F)c(F)[c]([Al]2[CH2]CCC(c3c(F)c(F)c(F)c(F)c3F)(c3c(F)c(F)c(F)c(F)c3F)[O]2)c(F)c1F.c1c[nH]cn1. The molecule has 19 heteroatoms. The second kappa shape index (κ2) is 12.4. The molecular weight excluding hydrogens is 656 g/mol. The molecule has 1 aliphatic rings. The van der Waals surface area contributed by atoms with Gasteiger partial charge in [0.25, 0.3) is 0 Å². The van der Waals surface area contributed by atoms with E-state index >= 15 is 0 Å². The van der Waals surface area contributed by atoms with Crippen molar-refractivity contribution >= 4 is 18.9 Å². The van der Waals surface area contributed by atoms with Gasteiger partial charge in [0.2, 0.25) is 11.6 Å². The summed E-state index contributed by atoms with van der Waals surface area (Å²) in [5.41, 5.74) is -8.52. The second-order valence-corrected chi connectivity index (χ2v) is 11.3. The summed E-state index contributed by atoms with van der Waals surface area (Å²) in [7, 11) is 0. The zero-order valence-electron chi connectivity index (χ0n) is 21.0. The fourth-order valence-electron chi connectivity index (χ4n) is 4.63. The fourth-order valence-corrected chi connectivity index (χ4v) is 7.39. The predicted octanol–water partition coefficient (Wildman–Crippen LogP) is 7.14. The number of nitrogens with one attached hydrogen (secondary N) is 1. The smallest absolute Gasteiger partial charge is 0.485 e. The Bertz CT molecular complexity index is 1580. The topological polar surface area (TPSA) is 37.9 Å². The van der Waals surface area contributed by atoms with Crippen molar-refractivity contribution in [3.05, 3.63) is 117 Å². The molecule has 0 bridgehead atoms. The first kappa shape index (κ1) is 33.2. The number of H-pyrrole nitrogens is 1. The lowest BCUT2D eigenvalue weighted by atomic mass is 9.80. The Morgan fingerprint density at radius 3 is 1.23 bits per heavy atom. The van der Waals surface area contributed by atoms with Gasteiger partial charge in [-0.3, -0.25) is 0 Å². The standard InChI is InChI=1S/C16H6F10O.C6F5.C3H4N2.Al/c1-2-3-16(27,4-6(17)10(21)14(25)11(22)7(4)18)5-8(19)12(23)15(26)13(24)9(5)20;7-2-1-3(8)5(10)6(11)4(2)9;1-2-5-3-4-1;/h1-3H2;;1-3H,(H,4,5);/q-1;;;+1. The molecule has 0 aliphatic carbocycles. The molecule has 234 valence electrons. The van der Waals surface area contributed by atoms with Gasteiger partial charge in [0.15, 0.2) is 75.6 Å². The lowest BCUT2D eigenvalue weighted by Crippen LogP contribution is -2.51. The summed E-state index contributed by atoms with van der Waals surface area (Å²) in [6, 6.07) is 0. The van der Waals surface area contributed by atoms with Gasteiger partial charge < -0.3 is 8.77 Å². The Morgan fingerprint density at radius 2 is 0.909 bits per heavy atom. The van der Waals surface area contributed by atoms with Crippen LogP contribution in [-0.4, -0.2) is 24.5 Å². The van der Waals surface area contributed by atoms with Crippen LogP contribution in [0.4, 0.5) is 65.9 Å². The van der Waals surface area contributed by atoms with Crippen molar-refractivity contribution in [3.8, 4) is 0 Å². The Kier molecular flexibility index (Phi) is 9.33. The molecule has 1 aromatic heterocycles. The van der Waals surface area contributed by atoms with Crippen LogP contribution in [0.1, 0.15) is 24.0 Å². The van der Waals surface area contributed by atoms with Gasteiger partial charge in [0.05, 0.1) is 17.5 Å². The second-order valence-electron chi connectivity index (χ2n) is 8.96. The molecule has 1 N–H and O–H groups in total. The van der Waals surface area contributed by atoms with E-state index in [1.54, 1.807) is 18.7 Å². The predicted molar refractivity (Wildman–Crippen MR) is 119 cm³/mol. The number of rotatable bonds is 3. The lowest BCUT2D eigenvalue weighted by Gasteiger charge is -2.42. The van der Waals surface area contributed by atoms with Gasteiger partial charge in [0.1, 0.15) is 5.60 Å². The summed E-state index contributed by atoms with van der Waals surface area (Å²) in [6.45, 7) is 0. The molecule has 0 spiro atoms. The molecule has 1 fully saturated rings. The molecule has 0 amide bonds. The maximum atomic E-state index is 14.9. The molecule has 0 radical (unpaired) electrons. The molecule has 1 aliphatic heterocycles. The molecular formula is C25H10AlF15N2O. The zero-order chi connectivity index (χ0) is 32.8. The Hall–Kier alpha value is -3.69. The van der Waals surface area contributed by atoms with Gasteiger partial charge in [-0.1, -0.05) is 11.7 Å². The lowest BCUT2D eigenvalue weighted by molar-refractivity contribution is 0.0629. The van der Waals surface area contributed by atoms with Crippen LogP contribution in [0, 0.1) is 87.3 Å². The van der Waals surface area contributed by atoms with E-state index < -0.39 is 141 Å². The monoisotopic (exact) mass is 666 g/mol. The van der Waals surface area contributed by atoms with Gasteiger partial charge in [0, 0.05) is 12.4 Å². The van der Waals surface area contributed by atoms with E-state index in [4.69, 9.17) is 3.79 Å². The van der Waals surface area contributed by atoms with Crippen LogP contribution >= 0.6 is 0 Å². The van der Waals surface area contributed by atoms with Gasteiger partial charge in [-0.2, -0.15) is 0 Å². The van der Waals surface area contributed by atoms with Crippen molar-refractivity contribution < 1.29 is 69.6 Å². The summed E-state index contributed by atoms with van der Waals surface area (Å²) in [4.78, 5) is 6.42. The molecule has 0 atom stereocenters. The van der Waals surface area contributed by atoms with Crippen LogP contribution in [0.5, 0.6) is 0 Å². The van der Waals surface area contributed by atoms with E-state index in [9.17, 15) is 65.9 Å². The van der Waals surface area contributed by atoms with Gasteiger partial charge in [-0.25, -0.2) is 70.8 Å². The third-order valence-electron chi connectivity index (χ3n) is 6.54. The number of aromatic nitrogens is 2. The van der Waals surface area contributed by atoms with E-state index in [1.807, 2.05) is 0 Å². The maximum absolute atomic E-state index is 14.9. The third-order valence-corrected chi connectivity index (χ3v) is 9.31. The number of benzene rings is 3. The van der Waals surface area contributed by atoms with Crippen molar-refractivity contribution in [1.29, 1.82) is 0 Å². The van der Waals surface area contributed by atoms with Crippen molar-refractivity contribution in [3.63, 3.8) is 0 Å². The fraction of sp³-hybridized carbons (Fsp3) is 0.160.